The number of benzene rings is 1. The van der Waals surface area contributed by atoms with E-state index in [-0.39, 0.29) is 11.8 Å². The van der Waals surface area contributed by atoms with Crippen LogP contribution in [0.1, 0.15) is 48.4 Å². The SMILES string of the molecule is CCN(CC)C(=O)C1CCN(Cc2cccc(C(=O)NCc3ccco3)c2)CC1. The number of furan rings is 1. The molecule has 29 heavy (non-hydrogen) atoms. The van der Waals surface area contributed by atoms with Crippen LogP contribution in [-0.4, -0.2) is 47.8 Å². The van der Waals surface area contributed by atoms with Gasteiger partial charge in [-0.1, -0.05) is 12.1 Å². The molecule has 3 rings (SSSR count). The molecule has 0 unspecified atom stereocenters. The molecule has 1 aromatic heterocycles. The fraction of sp³-hybridized carbons (Fsp3) is 0.478. The van der Waals surface area contributed by atoms with E-state index in [1.54, 1.807) is 12.3 Å². The lowest BCUT2D eigenvalue weighted by molar-refractivity contribution is -0.136. The summed E-state index contributed by atoms with van der Waals surface area (Å²) in [6.07, 6.45) is 3.40. The van der Waals surface area contributed by atoms with Crippen molar-refractivity contribution in [2.75, 3.05) is 26.2 Å². The highest BCUT2D eigenvalue weighted by Crippen LogP contribution is 2.21. The van der Waals surface area contributed by atoms with Gasteiger partial charge in [-0.2, -0.15) is 0 Å². The maximum Gasteiger partial charge on any atom is 0.251 e. The number of nitrogens with one attached hydrogen (secondary N) is 1. The largest absolute Gasteiger partial charge is 0.467 e. The smallest absolute Gasteiger partial charge is 0.251 e. The quantitative estimate of drug-likeness (QED) is 0.742. The van der Waals surface area contributed by atoms with Crippen molar-refractivity contribution in [2.24, 2.45) is 5.92 Å². The number of nitrogens with zero attached hydrogens (tertiary/aromatic N) is 2. The molecule has 0 spiro atoms. The first-order valence-electron chi connectivity index (χ1n) is 10.5. The Morgan fingerprint density at radius 3 is 2.55 bits per heavy atom. The summed E-state index contributed by atoms with van der Waals surface area (Å²) in [5, 5.41) is 2.88. The van der Waals surface area contributed by atoms with E-state index >= 15 is 0 Å². The Hall–Kier alpha value is -2.60. The Morgan fingerprint density at radius 2 is 1.90 bits per heavy atom. The van der Waals surface area contributed by atoms with Crippen LogP contribution in [0.5, 0.6) is 0 Å². The molecule has 1 aromatic carbocycles. The average Bonchev–Trinajstić information content (AvgIpc) is 3.27. The van der Waals surface area contributed by atoms with E-state index < -0.39 is 0 Å². The number of hydrogen-bond acceptors (Lipinski definition) is 4. The van der Waals surface area contributed by atoms with E-state index in [1.807, 2.05) is 43.0 Å². The van der Waals surface area contributed by atoms with Crippen molar-refractivity contribution >= 4 is 11.8 Å². The van der Waals surface area contributed by atoms with E-state index in [9.17, 15) is 9.59 Å². The second-order valence-electron chi connectivity index (χ2n) is 7.52. The first-order valence-corrected chi connectivity index (χ1v) is 10.5. The molecule has 0 saturated carbocycles. The minimum Gasteiger partial charge on any atom is -0.467 e. The van der Waals surface area contributed by atoms with Crippen molar-refractivity contribution in [3.05, 3.63) is 59.5 Å². The van der Waals surface area contributed by atoms with Gasteiger partial charge in [-0.15, -0.1) is 0 Å². The van der Waals surface area contributed by atoms with Crippen LogP contribution in [0.2, 0.25) is 0 Å². The van der Waals surface area contributed by atoms with Gasteiger partial charge in [0.05, 0.1) is 12.8 Å². The minimum atomic E-state index is -0.105. The molecule has 2 amide bonds. The maximum absolute atomic E-state index is 12.5. The molecule has 0 bridgehead atoms. The van der Waals surface area contributed by atoms with Crippen LogP contribution in [-0.2, 0) is 17.9 Å². The molecule has 156 valence electrons. The summed E-state index contributed by atoms with van der Waals surface area (Å²) in [7, 11) is 0. The molecular formula is C23H31N3O3. The Bertz CT molecular complexity index is 791. The summed E-state index contributed by atoms with van der Waals surface area (Å²) in [4.78, 5) is 29.3. The van der Waals surface area contributed by atoms with Gasteiger partial charge < -0.3 is 14.6 Å². The molecule has 2 aromatic rings. The predicted octanol–water partition coefficient (Wildman–Crippen LogP) is 3.29. The second-order valence-corrected chi connectivity index (χ2v) is 7.52. The highest BCUT2D eigenvalue weighted by Gasteiger charge is 2.27. The van der Waals surface area contributed by atoms with Gasteiger partial charge in [0.25, 0.3) is 5.91 Å². The van der Waals surface area contributed by atoms with Crippen LogP contribution in [0.4, 0.5) is 0 Å². The van der Waals surface area contributed by atoms with E-state index in [2.05, 4.69) is 16.3 Å². The summed E-state index contributed by atoms with van der Waals surface area (Å²) in [5.74, 6) is 1.07. The van der Waals surface area contributed by atoms with E-state index in [1.165, 1.54) is 0 Å². The Balaban J connectivity index is 1.50. The van der Waals surface area contributed by atoms with Crippen LogP contribution in [0, 0.1) is 5.92 Å². The number of piperidine rings is 1. The summed E-state index contributed by atoms with van der Waals surface area (Å²) in [6, 6.07) is 11.4. The van der Waals surface area contributed by atoms with Gasteiger partial charge in [0.2, 0.25) is 5.91 Å². The molecule has 6 nitrogen and oxygen atoms in total. The van der Waals surface area contributed by atoms with Gasteiger partial charge in [0.1, 0.15) is 5.76 Å². The minimum absolute atomic E-state index is 0.105. The predicted molar refractivity (Wildman–Crippen MR) is 112 cm³/mol. The number of hydrogen-bond donors (Lipinski definition) is 1. The van der Waals surface area contributed by atoms with Gasteiger partial charge in [-0.3, -0.25) is 14.5 Å². The lowest BCUT2D eigenvalue weighted by atomic mass is 9.94. The molecule has 1 fully saturated rings. The third-order valence-corrected chi connectivity index (χ3v) is 5.61. The first-order chi connectivity index (χ1) is 14.1. The Labute approximate surface area is 172 Å². The number of carbonyl (C=O) groups is 2. The van der Waals surface area contributed by atoms with Gasteiger partial charge >= 0.3 is 0 Å². The van der Waals surface area contributed by atoms with Crippen molar-refractivity contribution in [1.29, 1.82) is 0 Å². The van der Waals surface area contributed by atoms with Crippen LogP contribution in [0.25, 0.3) is 0 Å². The van der Waals surface area contributed by atoms with Crippen molar-refractivity contribution in [1.82, 2.24) is 15.1 Å². The topological polar surface area (TPSA) is 65.8 Å². The standard InChI is InChI=1S/C23H31N3O3/c1-3-26(4-2)23(28)19-10-12-25(13-11-19)17-18-7-5-8-20(15-18)22(27)24-16-21-9-6-14-29-21/h5-9,14-15,19H,3-4,10-13,16-17H2,1-2H3,(H,24,27). The zero-order valence-electron chi connectivity index (χ0n) is 17.4. The molecule has 1 aliphatic heterocycles. The highest BCUT2D eigenvalue weighted by atomic mass is 16.3. The molecule has 1 saturated heterocycles. The zero-order chi connectivity index (χ0) is 20.6. The monoisotopic (exact) mass is 397 g/mol. The van der Waals surface area contributed by atoms with Gasteiger partial charge in [0, 0.05) is 31.1 Å². The molecule has 1 aliphatic rings. The van der Waals surface area contributed by atoms with E-state index in [0.29, 0.717) is 18.0 Å². The molecule has 1 N–H and O–H groups in total. The number of rotatable bonds is 8. The summed E-state index contributed by atoms with van der Waals surface area (Å²) >= 11 is 0. The molecule has 0 radical (unpaired) electrons. The molecular weight excluding hydrogens is 366 g/mol. The Morgan fingerprint density at radius 1 is 1.14 bits per heavy atom. The lowest BCUT2D eigenvalue weighted by Crippen LogP contribution is -2.42. The molecule has 0 aliphatic carbocycles. The Kier molecular flexibility index (Phi) is 7.47. The lowest BCUT2D eigenvalue weighted by Gasteiger charge is -2.33. The van der Waals surface area contributed by atoms with Crippen LogP contribution in [0.3, 0.4) is 0 Å². The zero-order valence-corrected chi connectivity index (χ0v) is 17.4. The van der Waals surface area contributed by atoms with Gasteiger partial charge in [-0.05, 0) is 69.6 Å². The van der Waals surface area contributed by atoms with Crippen molar-refractivity contribution in [2.45, 2.75) is 39.8 Å². The van der Waals surface area contributed by atoms with E-state index in [0.717, 1.165) is 56.9 Å². The van der Waals surface area contributed by atoms with Crippen molar-refractivity contribution in [3.63, 3.8) is 0 Å². The molecule has 2 heterocycles. The van der Waals surface area contributed by atoms with Crippen LogP contribution in [0.15, 0.2) is 47.1 Å². The molecule has 0 atom stereocenters. The summed E-state index contributed by atoms with van der Waals surface area (Å²) in [6.45, 7) is 8.63. The van der Waals surface area contributed by atoms with E-state index in [4.69, 9.17) is 4.42 Å². The van der Waals surface area contributed by atoms with Crippen LogP contribution < -0.4 is 5.32 Å². The molecule has 6 heteroatoms. The highest BCUT2D eigenvalue weighted by molar-refractivity contribution is 5.94. The number of likely N-dealkylation sites (tertiary alicyclic amines) is 1. The maximum atomic E-state index is 12.5. The normalized spacial score (nSPS) is 15.2. The second kappa shape index (κ2) is 10.3. The number of amides is 2. The van der Waals surface area contributed by atoms with Crippen molar-refractivity contribution in [3.8, 4) is 0 Å². The fourth-order valence-electron chi connectivity index (χ4n) is 3.88. The van der Waals surface area contributed by atoms with Gasteiger partial charge in [0.15, 0.2) is 0 Å². The summed E-state index contributed by atoms with van der Waals surface area (Å²) in [5.41, 5.74) is 1.77. The fourth-order valence-corrected chi connectivity index (χ4v) is 3.88. The van der Waals surface area contributed by atoms with Gasteiger partial charge in [-0.25, -0.2) is 0 Å². The first kappa shape index (κ1) is 21.1. The average molecular weight is 398 g/mol. The van der Waals surface area contributed by atoms with Crippen molar-refractivity contribution < 1.29 is 14.0 Å². The van der Waals surface area contributed by atoms with Crippen LogP contribution >= 0.6 is 0 Å². The summed E-state index contributed by atoms with van der Waals surface area (Å²) < 4.78 is 5.25. The number of carbonyl (C=O) groups excluding carboxylic acids is 2. The third-order valence-electron chi connectivity index (χ3n) is 5.61. The third kappa shape index (κ3) is 5.70.